The summed E-state index contributed by atoms with van der Waals surface area (Å²) in [6.45, 7) is 2.36. The van der Waals surface area contributed by atoms with E-state index >= 15 is 0 Å². The Bertz CT molecular complexity index is 452. The van der Waals surface area contributed by atoms with Crippen LogP contribution in [-0.4, -0.2) is 17.1 Å². The van der Waals surface area contributed by atoms with Crippen molar-refractivity contribution in [1.29, 1.82) is 0 Å². The van der Waals surface area contributed by atoms with Crippen molar-refractivity contribution in [3.63, 3.8) is 0 Å². The topological polar surface area (TPSA) is 24.7 Å². The number of aliphatic imine (C=N–C) groups is 2. The third-order valence-electron chi connectivity index (χ3n) is 7.32. The molecule has 0 radical (unpaired) electrons. The standard InChI is InChI=1S/C22H36N2/c1-22(19-15-9-4-10-16-19)23-20(17-11-5-2-6-12-17)21(24-22)18-13-7-3-8-14-18/h17-19H,2-16H2,1H3. The van der Waals surface area contributed by atoms with Crippen LogP contribution in [0.4, 0.5) is 0 Å². The molecule has 4 aliphatic rings. The lowest BCUT2D eigenvalue weighted by atomic mass is 9.78. The van der Waals surface area contributed by atoms with Crippen LogP contribution in [0.2, 0.25) is 0 Å². The van der Waals surface area contributed by atoms with Crippen molar-refractivity contribution >= 4 is 11.4 Å². The summed E-state index contributed by atoms with van der Waals surface area (Å²) >= 11 is 0. The Labute approximate surface area is 148 Å². The first-order chi connectivity index (χ1) is 11.8. The molecular weight excluding hydrogens is 292 g/mol. The lowest BCUT2D eigenvalue weighted by Gasteiger charge is -2.32. The second-order valence-corrected chi connectivity index (χ2v) is 9.09. The van der Waals surface area contributed by atoms with Gasteiger partial charge in [-0.25, -0.2) is 0 Å². The van der Waals surface area contributed by atoms with Gasteiger partial charge in [0.2, 0.25) is 0 Å². The number of rotatable bonds is 3. The molecule has 0 N–H and O–H groups in total. The molecule has 0 amide bonds. The van der Waals surface area contributed by atoms with Gasteiger partial charge in [0.25, 0.3) is 0 Å². The highest BCUT2D eigenvalue weighted by Crippen LogP contribution is 2.42. The van der Waals surface area contributed by atoms with Gasteiger partial charge in [0.1, 0.15) is 0 Å². The van der Waals surface area contributed by atoms with Crippen LogP contribution in [0.25, 0.3) is 0 Å². The number of hydrogen-bond acceptors (Lipinski definition) is 2. The largest absolute Gasteiger partial charge is 0.258 e. The van der Waals surface area contributed by atoms with Crippen molar-refractivity contribution in [2.75, 3.05) is 0 Å². The van der Waals surface area contributed by atoms with E-state index in [1.165, 1.54) is 108 Å². The molecule has 1 heterocycles. The maximum absolute atomic E-state index is 5.44. The van der Waals surface area contributed by atoms with Gasteiger partial charge in [0, 0.05) is 17.8 Å². The van der Waals surface area contributed by atoms with Gasteiger partial charge in [-0.1, -0.05) is 57.8 Å². The van der Waals surface area contributed by atoms with E-state index in [9.17, 15) is 0 Å². The average Bonchev–Trinajstić information content (AvgIpc) is 3.03. The van der Waals surface area contributed by atoms with Crippen molar-refractivity contribution in [1.82, 2.24) is 0 Å². The van der Waals surface area contributed by atoms with Crippen molar-refractivity contribution < 1.29 is 0 Å². The fourth-order valence-electron chi connectivity index (χ4n) is 5.81. The van der Waals surface area contributed by atoms with Crippen LogP contribution in [-0.2, 0) is 0 Å². The van der Waals surface area contributed by atoms with E-state index in [1.807, 2.05) is 0 Å². The second-order valence-electron chi connectivity index (χ2n) is 9.09. The Balaban J connectivity index is 1.62. The summed E-state index contributed by atoms with van der Waals surface area (Å²) < 4.78 is 0. The molecule has 0 aromatic carbocycles. The summed E-state index contributed by atoms with van der Waals surface area (Å²) in [7, 11) is 0. The van der Waals surface area contributed by atoms with E-state index in [0.29, 0.717) is 5.92 Å². The van der Waals surface area contributed by atoms with Crippen LogP contribution >= 0.6 is 0 Å². The Kier molecular flexibility index (Phi) is 5.10. The molecule has 3 fully saturated rings. The molecule has 0 unspecified atom stereocenters. The van der Waals surface area contributed by atoms with E-state index in [2.05, 4.69) is 6.92 Å². The van der Waals surface area contributed by atoms with E-state index in [4.69, 9.17) is 9.98 Å². The molecule has 3 aliphatic carbocycles. The van der Waals surface area contributed by atoms with Gasteiger partial charge in [0.05, 0.1) is 11.4 Å². The second kappa shape index (κ2) is 7.30. The normalized spacial score (nSPS) is 30.2. The van der Waals surface area contributed by atoms with Crippen molar-refractivity contribution in [3.05, 3.63) is 0 Å². The number of nitrogens with zero attached hydrogens (tertiary/aromatic N) is 2. The Morgan fingerprint density at radius 3 is 1.38 bits per heavy atom. The molecule has 1 aliphatic heterocycles. The summed E-state index contributed by atoms with van der Waals surface area (Å²) in [5.41, 5.74) is 2.85. The molecule has 0 aromatic rings. The molecule has 0 aromatic heterocycles. The summed E-state index contributed by atoms with van der Waals surface area (Å²) in [4.78, 5) is 10.9. The predicted octanol–water partition coefficient (Wildman–Crippen LogP) is 6.34. The average molecular weight is 329 g/mol. The molecule has 2 heteroatoms. The lowest BCUT2D eigenvalue weighted by Crippen LogP contribution is -2.31. The molecule has 134 valence electrons. The van der Waals surface area contributed by atoms with Crippen LogP contribution in [0.15, 0.2) is 9.98 Å². The van der Waals surface area contributed by atoms with E-state index < -0.39 is 0 Å². The predicted molar refractivity (Wildman–Crippen MR) is 103 cm³/mol. The highest BCUT2D eigenvalue weighted by molar-refractivity contribution is 6.45. The molecule has 3 saturated carbocycles. The highest BCUT2D eigenvalue weighted by atomic mass is 15.1. The van der Waals surface area contributed by atoms with Gasteiger partial charge < -0.3 is 0 Å². The lowest BCUT2D eigenvalue weighted by molar-refractivity contribution is 0.234. The third-order valence-corrected chi connectivity index (χ3v) is 7.32. The van der Waals surface area contributed by atoms with E-state index in [0.717, 1.165) is 11.8 Å². The Morgan fingerprint density at radius 2 is 0.958 bits per heavy atom. The van der Waals surface area contributed by atoms with Gasteiger partial charge in [0.15, 0.2) is 5.66 Å². The van der Waals surface area contributed by atoms with Crippen LogP contribution in [0, 0.1) is 17.8 Å². The minimum atomic E-state index is -0.111. The van der Waals surface area contributed by atoms with Gasteiger partial charge in [-0.2, -0.15) is 0 Å². The van der Waals surface area contributed by atoms with Crippen LogP contribution < -0.4 is 0 Å². The van der Waals surface area contributed by atoms with Gasteiger partial charge in [-0.15, -0.1) is 0 Å². The molecule has 0 spiro atoms. The minimum Gasteiger partial charge on any atom is -0.258 e. The monoisotopic (exact) mass is 328 g/mol. The molecule has 0 atom stereocenters. The van der Waals surface area contributed by atoms with Gasteiger partial charge >= 0.3 is 0 Å². The first kappa shape index (κ1) is 16.8. The highest BCUT2D eigenvalue weighted by Gasteiger charge is 2.42. The fourth-order valence-corrected chi connectivity index (χ4v) is 5.81. The molecule has 2 nitrogen and oxygen atoms in total. The molecule has 4 rings (SSSR count). The molecular formula is C22H36N2. The van der Waals surface area contributed by atoms with Crippen LogP contribution in [0.3, 0.4) is 0 Å². The molecule has 0 bridgehead atoms. The molecule has 24 heavy (non-hydrogen) atoms. The van der Waals surface area contributed by atoms with Crippen molar-refractivity contribution in [3.8, 4) is 0 Å². The third kappa shape index (κ3) is 3.35. The maximum Gasteiger partial charge on any atom is 0.150 e. The SMILES string of the molecule is CC1(C2CCCCC2)N=C(C2CCCCC2)C(C2CCCCC2)=N1. The van der Waals surface area contributed by atoms with E-state index in [-0.39, 0.29) is 5.66 Å². The molecule has 0 saturated heterocycles. The smallest absolute Gasteiger partial charge is 0.150 e. The first-order valence-electron chi connectivity index (χ1n) is 11.0. The summed E-state index contributed by atoms with van der Waals surface area (Å²) in [6.07, 6.45) is 20.8. The Hall–Kier alpha value is -0.660. The summed E-state index contributed by atoms with van der Waals surface area (Å²) in [6, 6.07) is 0. The quantitative estimate of drug-likeness (QED) is 0.577. The van der Waals surface area contributed by atoms with Crippen LogP contribution in [0.1, 0.15) is 103 Å². The minimum absolute atomic E-state index is 0.111. The summed E-state index contributed by atoms with van der Waals surface area (Å²) in [5, 5.41) is 0. The van der Waals surface area contributed by atoms with Crippen molar-refractivity contribution in [2.45, 2.75) is 109 Å². The zero-order valence-electron chi connectivity index (χ0n) is 15.7. The zero-order valence-corrected chi connectivity index (χ0v) is 15.7. The first-order valence-corrected chi connectivity index (χ1v) is 11.0. The Morgan fingerprint density at radius 1 is 0.583 bits per heavy atom. The van der Waals surface area contributed by atoms with Crippen LogP contribution in [0.5, 0.6) is 0 Å². The summed E-state index contributed by atoms with van der Waals surface area (Å²) in [5.74, 6) is 2.15. The van der Waals surface area contributed by atoms with Crippen molar-refractivity contribution in [2.24, 2.45) is 27.7 Å². The fraction of sp³-hybridized carbons (Fsp3) is 0.909. The van der Waals surface area contributed by atoms with E-state index in [1.54, 1.807) is 0 Å². The maximum atomic E-state index is 5.44. The van der Waals surface area contributed by atoms with Gasteiger partial charge in [-0.3, -0.25) is 9.98 Å². The van der Waals surface area contributed by atoms with Gasteiger partial charge in [-0.05, 0) is 45.4 Å². The zero-order chi connectivity index (χ0) is 16.4. The number of hydrogen-bond donors (Lipinski definition) is 0.